The fourth-order valence-electron chi connectivity index (χ4n) is 2.68. The molecule has 2 heterocycles. The number of halogens is 2. The standard InChI is InChI=1S/C18H10Cl2N4O2S/c19-11-3-1-10(2-4-11)13-8-27-18-16(13)17(21-9-22-18)23-12-5-6-14(20)15(7-12)24(25)26/h1-9H,(H,21,22,23). The zero-order valence-corrected chi connectivity index (χ0v) is 15.8. The fraction of sp³-hybridized carbons (Fsp3) is 0. The molecule has 0 fully saturated rings. The van der Waals surface area contributed by atoms with Crippen LogP contribution in [0.25, 0.3) is 21.3 Å². The second-order valence-corrected chi connectivity index (χ2v) is 7.31. The molecule has 0 aliphatic rings. The number of thiophene rings is 1. The third kappa shape index (κ3) is 3.44. The molecule has 0 unspecified atom stereocenters. The molecule has 0 amide bonds. The highest BCUT2D eigenvalue weighted by atomic mass is 35.5. The Morgan fingerprint density at radius 2 is 1.85 bits per heavy atom. The summed E-state index contributed by atoms with van der Waals surface area (Å²) < 4.78 is 0. The lowest BCUT2D eigenvalue weighted by atomic mass is 10.1. The molecule has 0 radical (unpaired) electrons. The number of nitrogens with zero attached hydrogens (tertiary/aromatic N) is 3. The Kier molecular flexibility index (Phi) is 4.65. The number of hydrogen-bond acceptors (Lipinski definition) is 6. The van der Waals surface area contributed by atoms with E-state index in [1.54, 1.807) is 6.07 Å². The first kappa shape index (κ1) is 17.7. The van der Waals surface area contributed by atoms with E-state index in [9.17, 15) is 10.1 Å². The van der Waals surface area contributed by atoms with E-state index in [4.69, 9.17) is 23.2 Å². The second-order valence-electron chi connectivity index (χ2n) is 5.61. The molecule has 2 aromatic carbocycles. The van der Waals surface area contributed by atoms with Gasteiger partial charge >= 0.3 is 0 Å². The van der Waals surface area contributed by atoms with E-state index in [2.05, 4.69) is 15.3 Å². The largest absolute Gasteiger partial charge is 0.339 e. The smallest absolute Gasteiger partial charge is 0.289 e. The molecule has 0 saturated carbocycles. The number of aromatic nitrogens is 2. The molecule has 134 valence electrons. The minimum atomic E-state index is -0.521. The van der Waals surface area contributed by atoms with E-state index < -0.39 is 4.92 Å². The Bertz CT molecular complexity index is 1160. The summed E-state index contributed by atoms with van der Waals surface area (Å²) in [5.41, 5.74) is 2.28. The van der Waals surface area contributed by atoms with Crippen LogP contribution in [-0.4, -0.2) is 14.9 Å². The summed E-state index contributed by atoms with van der Waals surface area (Å²) in [5, 5.41) is 17.8. The van der Waals surface area contributed by atoms with Gasteiger partial charge in [0.1, 0.15) is 22.0 Å². The van der Waals surface area contributed by atoms with Crippen molar-refractivity contribution in [1.29, 1.82) is 0 Å². The lowest BCUT2D eigenvalue weighted by Crippen LogP contribution is -1.97. The summed E-state index contributed by atoms with van der Waals surface area (Å²) in [7, 11) is 0. The first-order valence-electron chi connectivity index (χ1n) is 7.72. The third-order valence-electron chi connectivity index (χ3n) is 3.93. The average Bonchev–Trinajstić information content (AvgIpc) is 3.09. The van der Waals surface area contributed by atoms with E-state index in [1.165, 1.54) is 29.8 Å². The lowest BCUT2D eigenvalue weighted by Gasteiger charge is -2.09. The summed E-state index contributed by atoms with van der Waals surface area (Å²) in [6.07, 6.45) is 1.46. The Labute approximate surface area is 167 Å². The quantitative estimate of drug-likeness (QED) is 0.311. The van der Waals surface area contributed by atoms with Crippen molar-refractivity contribution in [2.75, 3.05) is 5.32 Å². The summed E-state index contributed by atoms with van der Waals surface area (Å²) in [6, 6.07) is 12.0. The number of nitro benzene ring substituents is 1. The van der Waals surface area contributed by atoms with Gasteiger partial charge in [0.05, 0.1) is 10.3 Å². The van der Waals surface area contributed by atoms with Gasteiger partial charge in [-0.25, -0.2) is 9.97 Å². The SMILES string of the molecule is O=[N+]([O-])c1cc(Nc2ncnc3scc(-c4ccc(Cl)cc4)c23)ccc1Cl. The molecule has 0 spiro atoms. The number of rotatable bonds is 4. The van der Waals surface area contributed by atoms with Crippen LogP contribution in [0, 0.1) is 10.1 Å². The summed E-state index contributed by atoms with van der Waals surface area (Å²) in [5.74, 6) is 0.558. The molecule has 2 aromatic heterocycles. The Morgan fingerprint density at radius 3 is 2.59 bits per heavy atom. The van der Waals surface area contributed by atoms with Gasteiger partial charge < -0.3 is 5.32 Å². The number of benzene rings is 2. The van der Waals surface area contributed by atoms with Gasteiger partial charge in [-0.15, -0.1) is 11.3 Å². The molecule has 0 bridgehead atoms. The maximum Gasteiger partial charge on any atom is 0.289 e. The van der Waals surface area contributed by atoms with Gasteiger partial charge in [-0.1, -0.05) is 35.3 Å². The molecule has 6 nitrogen and oxygen atoms in total. The predicted molar refractivity (Wildman–Crippen MR) is 109 cm³/mol. The summed E-state index contributed by atoms with van der Waals surface area (Å²) >= 11 is 13.4. The van der Waals surface area contributed by atoms with Gasteiger partial charge in [-0.2, -0.15) is 0 Å². The van der Waals surface area contributed by atoms with Crippen molar-refractivity contribution < 1.29 is 4.92 Å². The topological polar surface area (TPSA) is 81.0 Å². The number of fused-ring (bicyclic) bond motifs is 1. The van der Waals surface area contributed by atoms with E-state index in [0.717, 1.165) is 21.3 Å². The van der Waals surface area contributed by atoms with Crippen LogP contribution in [0.3, 0.4) is 0 Å². The highest BCUT2D eigenvalue weighted by Gasteiger charge is 2.16. The highest BCUT2D eigenvalue weighted by Crippen LogP contribution is 2.38. The first-order chi connectivity index (χ1) is 13.0. The predicted octanol–water partition coefficient (Wildman–Crippen LogP) is 6.32. The fourth-order valence-corrected chi connectivity index (χ4v) is 3.91. The molecule has 0 saturated heterocycles. The zero-order valence-electron chi connectivity index (χ0n) is 13.5. The highest BCUT2D eigenvalue weighted by molar-refractivity contribution is 7.17. The number of nitro groups is 1. The number of nitrogens with one attached hydrogen (secondary N) is 1. The van der Waals surface area contributed by atoms with Crippen LogP contribution >= 0.6 is 34.5 Å². The van der Waals surface area contributed by atoms with Gasteiger partial charge in [0.25, 0.3) is 5.69 Å². The molecule has 27 heavy (non-hydrogen) atoms. The molecule has 4 rings (SSSR count). The minimum absolute atomic E-state index is 0.0794. The molecule has 1 N–H and O–H groups in total. The van der Waals surface area contributed by atoms with Crippen molar-refractivity contribution in [3.63, 3.8) is 0 Å². The molecule has 9 heteroatoms. The van der Waals surface area contributed by atoms with Crippen LogP contribution in [0.4, 0.5) is 17.2 Å². The molecule has 0 atom stereocenters. The third-order valence-corrected chi connectivity index (χ3v) is 5.39. The van der Waals surface area contributed by atoms with Gasteiger partial charge in [0.2, 0.25) is 0 Å². The number of hydrogen-bond donors (Lipinski definition) is 1. The van der Waals surface area contributed by atoms with Crippen LogP contribution in [0.15, 0.2) is 54.2 Å². The van der Waals surface area contributed by atoms with Gasteiger partial charge in [-0.3, -0.25) is 10.1 Å². The Balaban J connectivity index is 1.81. The van der Waals surface area contributed by atoms with Crippen molar-refractivity contribution in [1.82, 2.24) is 9.97 Å². The monoisotopic (exact) mass is 416 g/mol. The average molecular weight is 417 g/mol. The zero-order chi connectivity index (χ0) is 19.0. The summed E-state index contributed by atoms with van der Waals surface area (Å²) in [6.45, 7) is 0. The Morgan fingerprint density at radius 1 is 1.07 bits per heavy atom. The molecular formula is C18H10Cl2N4O2S. The molecule has 0 aliphatic heterocycles. The maximum absolute atomic E-state index is 11.1. The molecular weight excluding hydrogens is 407 g/mol. The first-order valence-corrected chi connectivity index (χ1v) is 9.35. The van der Waals surface area contributed by atoms with Crippen molar-refractivity contribution in [2.45, 2.75) is 0 Å². The summed E-state index contributed by atoms with van der Waals surface area (Å²) in [4.78, 5) is 20.1. The van der Waals surface area contributed by atoms with Crippen molar-refractivity contribution >= 4 is 61.9 Å². The normalized spacial score (nSPS) is 10.9. The van der Waals surface area contributed by atoms with E-state index in [1.807, 2.05) is 29.6 Å². The van der Waals surface area contributed by atoms with Crippen LogP contribution in [-0.2, 0) is 0 Å². The van der Waals surface area contributed by atoms with Gasteiger partial charge in [-0.05, 0) is 29.8 Å². The van der Waals surface area contributed by atoms with Crippen molar-refractivity contribution in [3.05, 3.63) is 74.3 Å². The minimum Gasteiger partial charge on any atom is -0.339 e. The lowest BCUT2D eigenvalue weighted by molar-refractivity contribution is -0.384. The van der Waals surface area contributed by atoms with Gasteiger partial charge in [0, 0.05) is 27.7 Å². The van der Waals surface area contributed by atoms with E-state index >= 15 is 0 Å². The number of anilines is 2. The second kappa shape index (κ2) is 7.11. The Hall–Kier alpha value is -2.74. The maximum atomic E-state index is 11.1. The van der Waals surface area contributed by atoms with Crippen molar-refractivity contribution in [2.24, 2.45) is 0 Å². The van der Waals surface area contributed by atoms with Crippen molar-refractivity contribution in [3.8, 4) is 11.1 Å². The van der Waals surface area contributed by atoms with E-state index in [-0.39, 0.29) is 10.7 Å². The van der Waals surface area contributed by atoms with Crippen LogP contribution < -0.4 is 5.32 Å². The van der Waals surface area contributed by atoms with E-state index in [0.29, 0.717) is 16.5 Å². The molecule has 4 aromatic rings. The van der Waals surface area contributed by atoms with Gasteiger partial charge in [0.15, 0.2) is 0 Å². The van der Waals surface area contributed by atoms with Crippen LogP contribution in [0.2, 0.25) is 10.0 Å². The van der Waals surface area contributed by atoms with Crippen LogP contribution in [0.1, 0.15) is 0 Å². The molecule has 0 aliphatic carbocycles. The van der Waals surface area contributed by atoms with Crippen LogP contribution in [0.5, 0.6) is 0 Å².